The van der Waals surface area contributed by atoms with Gasteiger partial charge in [-0.2, -0.15) is 0 Å². The van der Waals surface area contributed by atoms with E-state index in [2.05, 4.69) is 0 Å². The fraction of sp³-hybridized carbons (Fsp3) is 0.231. The molecule has 1 aliphatic rings. The molecular formula is C13H10AsINO8S. The number of carboxylic acid groups (broad SMARTS) is 1. The Morgan fingerprint density at radius 2 is 1.96 bits per heavy atom. The Bertz CT molecular complexity index is 884. The van der Waals surface area contributed by atoms with Gasteiger partial charge in [0.25, 0.3) is 0 Å². The molecule has 1 heterocycles. The van der Waals surface area contributed by atoms with E-state index >= 15 is 0 Å². The number of alkyl halides is 1. The van der Waals surface area contributed by atoms with Crippen molar-refractivity contribution in [1.29, 1.82) is 0 Å². The number of halogens is 1. The third-order valence-electron chi connectivity index (χ3n) is 3.29. The first-order chi connectivity index (χ1) is 11.6. The van der Waals surface area contributed by atoms with Gasteiger partial charge < -0.3 is 0 Å². The summed E-state index contributed by atoms with van der Waals surface area (Å²) in [5, 5.41) is 7.30. The molecule has 0 bridgehead atoms. The predicted molar refractivity (Wildman–Crippen MR) is 95.1 cm³/mol. The van der Waals surface area contributed by atoms with Crippen molar-refractivity contribution in [2.75, 3.05) is 9.33 Å². The quantitative estimate of drug-likeness (QED) is 0.156. The van der Waals surface area contributed by atoms with Crippen LogP contribution in [-0.2, 0) is 24.5 Å². The van der Waals surface area contributed by atoms with Crippen LogP contribution in [0.5, 0.6) is 0 Å². The summed E-state index contributed by atoms with van der Waals surface area (Å²) in [6.07, 6.45) is -0.776. The second kappa shape index (κ2) is 7.52. The minimum absolute atomic E-state index is 0.0548. The van der Waals surface area contributed by atoms with E-state index in [0.29, 0.717) is 9.25 Å². The number of imide groups is 1. The Kier molecular flexibility index (Phi) is 6.02. The Hall–Kier alpha value is -1.30. The van der Waals surface area contributed by atoms with Crippen LogP contribution in [0.3, 0.4) is 0 Å². The summed E-state index contributed by atoms with van der Waals surface area (Å²) in [6.45, 7) is 0. The Labute approximate surface area is 162 Å². The molecule has 1 unspecified atom stereocenters. The topological polar surface area (TPSA) is 146 Å². The number of hydrogen-bond acceptors (Lipinski definition) is 6. The molecule has 1 atom stereocenters. The first kappa shape index (κ1) is 20.0. The van der Waals surface area contributed by atoms with Gasteiger partial charge in [0.15, 0.2) is 0 Å². The predicted octanol–water partition coefficient (Wildman–Crippen LogP) is -0.804. The molecule has 0 saturated carbocycles. The van der Waals surface area contributed by atoms with Gasteiger partial charge in [0, 0.05) is 0 Å². The second-order valence-corrected chi connectivity index (χ2v) is 9.88. The van der Waals surface area contributed by atoms with Crippen molar-refractivity contribution in [1.82, 2.24) is 0 Å². The van der Waals surface area contributed by atoms with Gasteiger partial charge >= 0.3 is 163 Å². The van der Waals surface area contributed by atoms with E-state index in [1.807, 2.05) is 22.6 Å². The van der Waals surface area contributed by atoms with Crippen LogP contribution in [0.2, 0.25) is 0 Å². The zero-order chi connectivity index (χ0) is 18.9. The fourth-order valence-electron chi connectivity index (χ4n) is 2.22. The standard InChI is InChI=1S/C13H10AsINO8S/c15-5-10(17)14-6-1-2-7(13(20)21)8(3-6)16-11(18)4-9(12(16)19)25(22,23)24/h1-3,9H,4-5H2,(H,20,21)(H,22,23,24). The van der Waals surface area contributed by atoms with Crippen LogP contribution in [0.1, 0.15) is 16.8 Å². The van der Waals surface area contributed by atoms with Crippen molar-refractivity contribution in [3.05, 3.63) is 23.8 Å². The average molecular weight is 542 g/mol. The minimum atomic E-state index is -4.80. The Morgan fingerprint density at radius 1 is 1.32 bits per heavy atom. The van der Waals surface area contributed by atoms with Gasteiger partial charge in [-0.25, -0.2) is 0 Å². The number of hydrogen-bond donors (Lipinski definition) is 2. The molecule has 1 aromatic rings. The number of carboxylic acids is 1. The molecule has 9 nitrogen and oxygen atoms in total. The van der Waals surface area contributed by atoms with E-state index in [-0.39, 0.29) is 20.2 Å². The monoisotopic (exact) mass is 542 g/mol. The average Bonchev–Trinajstić information content (AvgIpc) is 2.81. The number of nitrogens with zero attached hydrogens (tertiary/aromatic N) is 1. The summed E-state index contributed by atoms with van der Waals surface area (Å²) in [4.78, 5) is 47.8. The van der Waals surface area contributed by atoms with Crippen LogP contribution in [0, 0.1) is 0 Å². The van der Waals surface area contributed by atoms with Gasteiger partial charge in [-0.3, -0.25) is 0 Å². The number of amides is 2. The molecule has 1 radical (unpaired) electrons. The fourth-order valence-corrected chi connectivity index (χ4v) is 5.25. The van der Waals surface area contributed by atoms with Gasteiger partial charge in [-0.15, -0.1) is 0 Å². The van der Waals surface area contributed by atoms with Crippen molar-refractivity contribution in [3.8, 4) is 0 Å². The van der Waals surface area contributed by atoms with E-state index in [4.69, 9.17) is 4.55 Å². The number of carbonyl (C=O) groups excluding carboxylic acids is 3. The van der Waals surface area contributed by atoms with Crippen LogP contribution in [0.4, 0.5) is 5.69 Å². The van der Waals surface area contributed by atoms with Crippen LogP contribution in [0.25, 0.3) is 0 Å². The normalized spacial score (nSPS) is 18.3. The molecule has 2 amide bonds. The summed E-state index contributed by atoms with van der Waals surface area (Å²) >= 11 is 0.929. The summed E-state index contributed by atoms with van der Waals surface area (Å²) in [6, 6.07) is 3.81. The van der Waals surface area contributed by atoms with Crippen LogP contribution < -0.4 is 9.25 Å². The molecule has 133 valence electrons. The third-order valence-corrected chi connectivity index (χ3v) is 8.36. The molecule has 1 aromatic carbocycles. The number of benzene rings is 1. The van der Waals surface area contributed by atoms with Crippen LogP contribution in [0.15, 0.2) is 18.2 Å². The SMILES string of the molecule is O=C(CI)[As]c1ccc(C(=O)O)c(N2C(=O)CC(S(=O)(=O)O)C2=O)c1. The zero-order valence-corrected chi connectivity index (χ0v) is 17.1. The molecule has 2 rings (SSSR count). The van der Waals surface area contributed by atoms with Crippen LogP contribution in [-0.4, -0.2) is 65.9 Å². The van der Waals surface area contributed by atoms with Crippen molar-refractivity contribution in [2.45, 2.75) is 11.7 Å². The van der Waals surface area contributed by atoms with E-state index in [1.54, 1.807) is 0 Å². The van der Waals surface area contributed by atoms with Gasteiger partial charge in [-0.05, 0) is 0 Å². The molecule has 25 heavy (non-hydrogen) atoms. The summed E-state index contributed by atoms with van der Waals surface area (Å²) in [5.41, 5.74) is -0.688. The summed E-state index contributed by atoms with van der Waals surface area (Å²) in [5.74, 6) is -3.58. The maximum atomic E-state index is 12.2. The zero-order valence-electron chi connectivity index (χ0n) is 12.2. The first-order valence-corrected chi connectivity index (χ1v) is 11.5. The Balaban J connectivity index is 2.54. The maximum absolute atomic E-state index is 12.2. The van der Waals surface area contributed by atoms with E-state index in [1.165, 1.54) is 12.1 Å². The summed E-state index contributed by atoms with van der Waals surface area (Å²) < 4.78 is 32.2. The van der Waals surface area contributed by atoms with Crippen LogP contribution >= 0.6 is 22.6 Å². The first-order valence-electron chi connectivity index (χ1n) is 6.57. The van der Waals surface area contributed by atoms with Gasteiger partial charge in [0.2, 0.25) is 0 Å². The van der Waals surface area contributed by atoms with Crippen molar-refractivity contribution < 1.29 is 37.3 Å². The van der Waals surface area contributed by atoms with E-state index < -0.39 is 55.3 Å². The molecule has 0 spiro atoms. The molecule has 1 fully saturated rings. The third kappa shape index (κ3) is 4.27. The molecule has 2 N–H and O–H groups in total. The van der Waals surface area contributed by atoms with E-state index in [0.717, 1.165) is 6.07 Å². The number of carbonyl (C=O) groups is 4. The summed E-state index contributed by atoms with van der Waals surface area (Å²) in [7, 11) is -4.80. The number of rotatable bonds is 6. The second-order valence-electron chi connectivity index (χ2n) is 4.92. The Morgan fingerprint density at radius 3 is 2.44 bits per heavy atom. The van der Waals surface area contributed by atoms with Crippen molar-refractivity contribution in [3.63, 3.8) is 0 Å². The van der Waals surface area contributed by atoms with Gasteiger partial charge in [0.1, 0.15) is 0 Å². The molecule has 12 heteroatoms. The number of anilines is 1. The van der Waals surface area contributed by atoms with Gasteiger partial charge in [0.05, 0.1) is 0 Å². The van der Waals surface area contributed by atoms with E-state index in [9.17, 15) is 32.7 Å². The van der Waals surface area contributed by atoms with Crippen molar-refractivity contribution in [2.24, 2.45) is 0 Å². The number of aromatic carboxylic acids is 1. The van der Waals surface area contributed by atoms with Crippen molar-refractivity contribution >= 4 is 80.9 Å². The molecular weight excluding hydrogens is 532 g/mol. The van der Waals surface area contributed by atoms with Gasteiger partial charge in [-0.1, -0.05) is 0 Å². The molecule has 0 aliphatic carbocycles. The molecule has 1 saturated heterocycles. The molecule has 0 aromatic heterocycles. The molecule has 1 aliphatic heterocycles.